The summed E-state index contributed by atoms with van der Waals surface area (Å²) in [5.74, 6) is 1.45. The predicted molar refractivity (Wildman–Crippen MR) is 189 cm³/mol. The lowest BCUT2D eigenvalue weighted by atomic mass is 10.2. The lowest BCUT2D eigenvalue weighted by Crippen LogP contribution is -2.30. The Morgan fingerprint density at radius 1 is 0.660 bits per heavy atom. The summed E-state index contributed by atoms with van der Waals surface area (Å²) < 4.78 is 65.0. The summed E-state index contributed by atoms with van der Waals surface area (Å²) in [6.07, 6.45) is 4.78. The first-order valence-corrected chi connectivity index (χ1v) is 19.6. The third-order valence-electron chi connectivity index (χ3n) is 9.01. The molecule has 2 aliphatic rings. The molecule has 0 amide bonds. The molecule has 2 saturated heterocycles. The maximum Gasteiger partial charge on any atom is 0.262 e. The second kappa shape index (κ2) is 16.5. The molecule has 4 heterocycles. The largest absolute Gasteiger partial charge is 0.497 e. The van der Waals surface area contributed by atoms with E-state index in [9.17, 15) is 16.8 Å². The van der Waals surface area contributed by atoms with Crippen molar-refractivity contribution < 1.29 is 26.3 Å². The number of primary sulfonamides is 1. The molecule has 0 atom stereocenters. The molecule has 2 fully saturated rings. The van der Waals surface area contributed by atoms with Crippen LogP contribution in [0.25, 0.3) is 0 Å². The molecule has 0 spiro atoms. The highest BCUT2D eigenvalue weighted by Crippen LogP contribution is 2.24. The number of likely N-dealkylation sites (tertiary alicyclic amines) is 2. The van der Waals surface area contributed by atoms with Crippen molar-refractivity contribution in [2.75, 3.05) is 40.4 Å². The van der Waals surface area contributed by atoms with Crippen molar-refractivity contribution in [1.82, 2.24) is 33.7 Å². The zero-order valence-electron chi connectivity index (χ0n) is 29.2. The van der Waals surface area contributed by atoms with Gasteiger partial charge in [0.1, 0.15) is 11.5 Å². The number of hydrogen-bond acceptors (Lipinski definition) is 10. The van der Waals surface area contributed by atoms with Crippen LogP contribution < -0.4 is 14.6 Å². The SMILES string of the molecule is COc1ccc(CN(Cc2ccc(OC)cc2)S(=O)(=O)c2cc(CN3CCCC3)n(C)n2)cc1.Cn1nc(S(N)(=O)=O)cc1CN1CCCC1. The molecule has 2 aromatic heterocycles. The molecule has 2 N–H and O–H groups in total. The van der Waals surface area contributed by atoms with Gasteiger partial charge in [-0.05, 0) is 87.3 Å². The Kier molecular flexibility index (Phi) is 12.3. The van der Waals surface area contributed by atoms with Gasteiger partial charge in [0, 0.05) is 52.4 Å². The van der Waals surface area contributed by atoms with Crippen LogP contribution in [-0.2, 0) is 60.3 Å². The van der Waals surface area contributed by atoms with Crippen LogP contribution in [0.2, 0.25) is 0 Å². The van der Waals surface area contributed by atoms with Crippen LogP contribution in [0.1, 0.15) is 48.2 Å². The number of nitrogens with zero attached hydrogens (tertiary/aromatic N) is 7. The highest BCUT2D eigenvalue weighted by Gasteiger charge is 2.29. The van der Waals surface area contributed by atoms with Gasteiger partial charge in [-0.25, -0.2) is 22.0 Å². The second-order valence-electron chi connectivity index (χ2n) is 12.7. The molecular formula is C34H48N8O6S2. The Labute approximate surface area is 295 Å². The van der Waals surface area contributed by atoms with E-state index in [1.807, 2.05) is 55.6 Å². The molecule has 2 aliphatic heterocycles. The van der Waals surface area contributed by atoms with E-state index in [2.05, 4.69) is 20.0 Å². The molecule has 0 bridgehead atoms. The molecule has 4 aromatic rings. The third kappa shape index (κ3) is 9.70. The van der Waals surface area contributed by atoms with Crippen molar-refractivity contribution in [3.63, 3.8) is 0 Å². The number of rotatable bonds is 13. The second-order valence-corrected chi connectivity index (χ2v) is 16.1. The van der Waals surface area contributed by atoms with E-state index in [1.165, 1.54) is 30.0 Å². The third-order valence-corrected chi connectivity index (χ3v) is 11.5. The minimum absolute atomic E-state index is 0.0517. The van der Waals surface area contributed by atoms with Gasteiger partial charge in [-0.3, -0.25) is 19.2 Å². The van der Waals surface area contributed by atoms with Crippen LogP contribution >= 0.6 is 0 Å². The van der Waals surface area contributed by atoms with Crippen molar-refractivity contribution in [3.8, 4) is 11.5 Å². The van der Waals surface area contributed by atoms with Gasteiger partial charge in [-0.15, -0.1) is 0 Å². The van der Waals surface area contributed by atoms with Gasteiger partial charge < -0.3 is 9.47 Å². The van der Waals surface area contributed by atoms with Gasteiger partial charge >= 0.3 is 0 Å². The average Bonchev–Trinajstić information content (AvgIpc) is 3.92. The molecule has 16 heteroatoms. The Balaban J connectivity index is 0.000000253. The van der Waals surface area contributed by atoms with E-state index >= 15 is 0 Å². The first kappa shape index (κ1) is 37.5. The monoisotopic (exact) mass is 728 g/mol. The van der Waals surface area contributed by atoms with Crippen LogP contribution in [0.15, 0.2) is 70.7 Å². The summed E-state index contributed by atoms with van der Waals surface area (Å²) in [6.45, 7) is 6.08. The highest BCUT2D eigenvalue weighted by atomic mass is 32.2. The maximum atomic E-state index is 13.8. The first-order valence-electron chi connectivity index (χ1n) is 16.6. The van der Waals surface area contributed by atoms with E-state index in [4.69, 9.17) is 14.6 Å². The van der Waals surface area contributed by atoms with E-state index in [-0.39, 0.29) is 23.1 Å². The van der Waals surface area contributed by atoms with E-state index in [0.717, 1.165) is 66.7 Å². The summed E-state index contributed by atoms with van der Waals surface area (Å²) in [4.78, 5) is 4.61. The van der Waals surface area contributed by atoms with E-state index < -0.39 is 20.0 Å². The molecule has 0 aliphatic carbocycles. The van der Waals surface area contributed by atoms with Crippen LogP contribution in [0.4, 0.5) is 0 Å². The van der Waals surface area contributed by atoms with Gasteiger partial charge in [0.15, 0.2) is 10.1 Å². The summed E-state index contributed by atoms with van der Waals surface area (Å²) in [7, 11) is -0.774. The standard InChI is InChI=1S/C25H32N4O4S.C9H16N4O2S/c1-27-22(19-28-14-4-5-15-28)16-25(26-27)34(30,31)29(17-20-6-10-23(32-2)11-7-20)18-21-8-12-24(33-3)13-9-21;1-12-8(7-13-4-2-3-5-13)6-9(11-12)16(10,14)15/h6-13,16H,4-5,14-15,17-19H2,1-3H3;6H,2-5,7H2,1H3,(H2,10,14,15). The van der Waals surface area contributed by atoms with Gasteiger partial charge in [-0.1, -0.05) is 24.3 Å². The Bertz CT molecular complexity index is 1860. The van der Waals surface area contributed by atoms with Crippen molar-refractivity contribution in [2.24, 2.45) is 19.2 Å². The van der Waals surface area contributed by atoms with Crippen molar-refractivity contribution in [3.05, 3.63) is 83.2 Å². The lowest BCUT2D eigenvalue weighted by Gasteiger charge is -2.21. The summed E-state index contributed by atoms with van der Waals surface area (Å²) >= 11 is 0. The van der Waals surface area contributed by atoms with Gasteiger partial charge in [0.05, 0.1) is 25.6 Å². The topological polar surface area (TPSA) is 158 Å². The highest BCUT2D eigenvalue weighted by molar-refractivity contribution is 7.89. The van der Waals surface area contributed by atoms with Crippen molar-refractivity contribution in [2.45, 2.75) is 61.9 Å². The number of sulfonamides is 2. The summed E-state index contributed by atoms with van der Waals surface area (Å²) in [5.41, 5.74) is 3.51. The number of methoxy groups -OCH3 is 2. The minimum atomic E-state index is -3.84. The smallest absolute Gasteiger partial charge is 0.262 e. The number of aryl methyl sites for hydroxylation is 2. The molecular weight excluding hydrogens is 681 g/mol. The predicted octanol–water partition coefficient (Wildman–Crippen LogP) is 3.09. The molecule has 50 heavy (non-hydrogen) atoms. The molecule has 0 unspecified atom stereocenters. The van der Waals surface area contributed by atoms with Crippen LogP contribution in [0, 0.1) is 0 Å². The molecule has 0 saturated carbocycles. The summed E-state index contributed by atoms with van der Waals surface area (Å²) in [6, 6.07) is 18.1. The fourth-order valence-electron chi connectivity index (χ4n) is 6.08. The number of nitrogens with two attached hydrogens (primary N) is 1. The van der Waals surface area contributed by atoms with Gasteiger partial charge in [0.25, 0.3) is 20.0 Å². The normalized spacial score (nSPS) is 15.7. The quantitative estimate of drug-likeness (QED) is 0.217. The van der Waals surface area contributed by atoms with E-state index in [1.54, 1.807) is 42.8 Å². The van der Waals surface area contributed by atoms with E-state index in [0.29, 0.717) is 6.54 Å². The van der Waals surface area contributed by atoms with Crippen LogP contribution in [-0.4, -0.2) is 90.9 Å². The number of hydrogen-bond donors (Lipinski definition) is 1. The maximum absolute atomic E-state index is 13.8. The summed E-state index contributed by atoms with van der Waals surface area (Å²) in [5, 5.41) is 13.4. The molecule has 14 nitrogen and oxygen atoms in total. The Morgan fingerprint density at radius 3 is 1.40 bits per heavy atom. The van der Waals surface area contributed by atoms with Crippen molar-refractivity contribution in [1.29, 1.82) is 0 Å². The lowest BCUT2D eigenvalue weighted by molar-refractivity contribution is 0.321. The van der Waals surface area contributed by atoms with Crippen LogP contribution in [0.5, 0.6) is 11.5 Å². The molecule has 0 radical (unpaired) electrons. The zero-order valence-corrected chi connectivity index (χ0v) is 30.9. The van der Waals surface area contributed by atoms with Gasteiger partial charge in [0.2, 0.25) is 0 Å². The van der Waals surface area contributed by atoms with Crippen molar-refractivity contribution >= 4 is 20.0 Å². The first-order chi connectivity index (χ1) is 23.8. The fraction of sp³-hybridized carbons (Fsp3) is 0.471. The number of ether oxygens (including phenoxy) is 2. The molecule has 6 rings (SSSR count). The number of benzene rings is 2. The van der Waals surface area contributed by atoms with Crippen LogP contribution in [0.3, 0.4) is 0 Å². The Morgan fingerprint density at radius 2 is 1.04 bits per heavy atom. The Hall–Kier alpha value is -3.80. The average molecular weight is 729 g/mol. The number of aromatic nitrogens is 4. The molecule has 2 aromatic carbocycles. The zero-order chi connectivity index (χ0) is 35.9. The fourth-order valence-corrected chi connectivity index (χ4v) is 8.03. The molecule has 272 valence electrons. The minimum Gasteiger partial charge on any atom is -0.497 e. The van der Waals surface area contributed by atoms with Gasteiger partial charge in [-0.2, -0.15) is 14.5 Å².